The van der Waals surface area contributed by atoms with Crippen LogP contribution in [0.2, 0.25) is 0 Å². The van der Waals surface area contributed by atoms with E-state index in [4.69, 9.17) is 9.84 Å². The van der Waals surface area contributed by atoms with Crippen LogP contribution in [-0.2, 0) is 19.2 Å². The van der Waals surface area contributed by atoms with E-state index in [9.17, 15) is 18.0 Å². The maximum absolute atomic E-state index is 13.8. The number of alkyl halides is 3. The van der Waals surface area contributed by atoms with Crippen LogP contribution >= 0.6 is 0 Å². The summed E-state index contributed by atoms with van der Waals surface area (Å²) in [7, 11) is 0. The summed E-state index contributed by atoms with van der Waals surface area (Å²) in [6.07, 6.45) is -2.51. The van der Waals surface area contributed by atoms with Gasteiger partial charge in [0.05, 0.1) is 16.6 Å². The smallest absolute Gasteiger partial charge is 0.418 e. The molecule has 5 rings (SSSR count). The summed E-state index contributed by atoms with van der Waals surface area (Å²) in [5.74, 6) is -0.470. The van der Waals surface area contributed by atoms with Gasteiger partial charge in [-0.3, -0.25) is 4.98 Å². The minimum absolute atomic E-state index is 0.100. The summed E-state index contributed by atoms with van der Waals surface area (Å²) in [6.45, 7) is 0.204. The van der Waals surface area contributed by atoms with Crippen LogP contribution in [0.4, 0.5) is 13.2 Å². The monoisotopic (exact) mass is 513 g/mol. The molecule has 1 heterocycles. The van der Waals surface area contributed by atoms with E-state index in [1.54, 1.807) is 36.4 Å². The average Bonchev–Trinajstić information content (AvgIpc) is 2.92. The van der Waals surface area contributed by atoms with Crippen molar-refractivity contribution < 1.29 is 27.8 Å². The number of ether oxygens (including phenoxy) is 1. The van der Waals surface area contributed by atoms with Crippen LogP contribution in [0.3, 0.4) is 0 Å². The lowest BCUT2D eigenvalue weighted by atomic mass is 9.92. The normalized spacial score (nSPS) is 11.4. The van der Waals surface area contributed by atoms with Gasteiger partial charge in [-0.15, -0.1) is 0 Å². The predicted octanol–water partition coefficient (Wildman–Crippen LogP) is 7.79. The Balaban J connectivity index is 1.55. The molecule has 0 radical (unpaired) electrons. The first-order valence-corrected chi connectivity index (χ1v) is 11.9. The van der Waals surface area contributed by atoms with Gasteiger partial charge in [0, 0.05) is 11.6 Å². The Morgan fingerprint density at radius 2 is 1.58 bits per heavy atom. The highest BCUT2D eigenvalue weighted by Gasteiger charge is 2.33. The number of nitrogens with zero attached hydrogens (tertiary/aromatic N) is 1. The molecular weight excluding hydrogens is 491 g/mol. The number of hydrogen-bond acceptors (Lipinski definition) is 3. The van der Waals surface area contributed by atoms with Crippen LogP contribution in [0.5, 0.6) is 5.75 Å². The quantitative estimate of drug-likeness (QED) is 0.241. The molecule has 5 aromatic rings. The Hall–Kier alpha value is -4.65. The van der Waals surface area contributed by atoms with Crippen molar-refractivity contribution in [2.45, 2.75) is 19.2 Å². The fourth-order valence-corrected chi connectivity index (χ4v) is 4.44. The number of rotatable bonds is 7. The van der Waals surface area contributed by atoms with Gasteiger partial charge in [0.2, 0.25) is 0 Å². The van der Waals surface area contributed by atoms with Crippen molar-refractivity contribution in [3.8, 4) is 16.9 Å². The standard InChI is InChI=1S/C31H22F3NO3/c32-31(33,34)27-11-5-10-26-28(24(18-35-29(26)27)16-20-6-2-1-3-7-20)23-8-4-9-25(17-23)38-19-21-12-14-22(15-13-21)30(36)37/h1-15,17-18H,16,19H2,(H,36,37). The van der Waals surface area contributed by atoms with Gasteiger partial charge < -0.3 is 9.84 Å². The van der Waals surface area contributed by atoms with Gasteiger partial charge in [0.1, 0.15) is 12.4 Å². The zero-order valence-corrected chi connectivity index (χ0v) is 20.1. The second kappa shape index (κ2) is 10.4. The van der Waals surface area contributed by atoms with E-state index < -0.39 is 17.7 Å². The molecule has 0 aliphatic carbocycles. The third-order valence-corrected chi connectivity index (χ3v) is 6.25. The number of carbonyl (C=O) groups is 1. The molecule has 7 heteroatoms. The Kier molecular flexibility index (Phi) is 6.83. The number of aromatic nitrogens is 1. The van der Waals surface area contributed by atoms with Crippen molar-refractivity contribution in [1.82, 2.24) is 4.98 Å². The van der Waals surface area contributed by atoms with Crippen molar-refractivity contribution in [2.24, 2.45) is 0 Å². The third-order valence-electron chi connectivity index (χ3n) is 6.25. The van der Waals surface area contributed by atoms with Crippen LogP contribution in [-0.4, -0.2) is 16.1 Å². The SMILES string of the molecule is O=C(O)c1ccc(COc2cccc(-c3c(Cc4ccccc4)cnc4c(C(F)(F)F)cccc34)c2)cc1. The van der Waals surface area contributed by atoms with E-state index in [0.717, 1.165) is 22.8 Å². The molecule has 0 saturated heterocycles. The number of fused-ring (bicyclic) bond motifs is 1. The fraction of sp³-hybridized carbons (Fsp3) is 0.0968. The topological polar surface area (TPSA) is 59.4 Å². The van der Waals surface area contributed by atoms with E-state index in [0.29, 0.717) is 28.7 Å². The summed E-state index contributed by atoms with van der Waals surface area (Å²) in [5, 5.41) is 9.49. The van der Waals surface area contributed by atoms with Crippen LogP contribution < -0.4 is 4.74 Å². The molecule has 0 unspecified atom stereocenters. The lowest BCUT2D eigenvalue weighted by molar-refractivity contribution is -0.136. The molecule has 0 atom stereocenters. The van der Waals surface area contributed by atoms with Crippen LogP contribution in [0.1, 0.15) is 32.6 Å². The Labute approximate surface area is 217 Å². The van der Waals surface area contributed by atoms with Crippen molar-refractivity contribution in [3.05, 3.63) is 131 Å². The fourth-order valence-electron chi connectivity index (χ4n) is 4.44. The van der Waals surface area contributed by atoms with Crippen molar-refractivity contribution in [2.75, 3.05) is 0 Å². The van der Waals surface area contributed by atoms with Crippen LogP contribution in [0.25, 0.3) is 22.0 Å². The molecule has 38 heavy (non-hydrogen) atoms. The summed E-state index contributed by atoms with van der Waals surface area (Å²) in [4.78, 5) is 15.3. The molecule has 4 aromatic carbocycles. The number of carboxylic acids is 1. The van der Waals surface area contributed by atoms with Crippen LogP contribution in [0, 0.1) is 0 Å². The van der Waals surface area contributed by atoms with Gasteiger partial charge in [-0.25, -0.2) is 4.79 Å². The molecule has 0 bridgehead atoms. The van der Waals surface area contributed by atoms with Gasteiger partial charge >= 0.3 is 12.1 Å². The van der Waals surface area contributed by atoms with E-state index >= 15 is 0 Å². The van der Waals surface area contributed by atoms with E-state index in [1.165, 1.54) is 24.4 Å². The molecule has 0 fully saturated rings. The largest absolute Gasteiger partial charge is 0.489 e. The van der Waals surface area contributed by atoms with Crippen molar-refractivity contribution in [1.29, 1.82) is 0 Å². The van der Waals surface area contributed by atoms with Gasteiger partial charge in [0.25, 0.3) is 0 Å². The highest BCUT2D eigenvalue weighted by atomic mass is 19.4. The first kappa shape index (κ1) is 25.0. The molecule has 0 aliphatic heterocycles. The highest BCUT2D eigenvalue weighted by molar-refractivity contribution is 5.98. The molecular formula is C31H22F3NO3. The van der Waals surface area contributed by atoms with Gasteiger partial charge in [-0.05, 0) is 64.6 Å². The highest BCUT2D eigenvalue weighted by Crippen LogP contribution is 2.39. The number of hydrogen-bond donors (Lipinski definition) is 1. The predicted molar refractivity (Wildman–Crippen MR) is 139 cm³/mol. The number of carboxylic acid groups (broad SMARTS) is 1. The van der Waals surface area contributed by atoms with E-state index in [2.05, 4.69) is 4.98 Å². The first-order chi connectivity index (χ1) is 18.3. The maximum Gasteiger partial charge on any atom is 0.418 e. The summed E-state index contributed by atoms with van der Waals surface area (Å²) < 4.78 is 47.4. The molecule has 1 aromatic heterocycles. The van der Waals surface area contributed by atoms with Crippen molar-refractivity contribution >= 4 is 16.9 Å². The Morgan fingerprint density at radius 1 is 0.842 bits per heavy atom. The third kappa shape index (κ3) is 5.37. The van der Waals surface area contributed by atoms with Gasteiger partial charge in [-0.2, -0.15) is 13.2 Å². The van der Waals surface area contributed by atoms with Gasteiger partial charge in [0.15, 0.2) is 0 Å². The molecule has 0 aliphatic rings. The minimum Gasteiger partial charge on any atom is -0.489 e. The molecule has 0 amide bonds. The van der Waals surface area contributed by atoms with Crippen molar-refractivity contribution in [3.63, 3.8) is 0 Å². The van der Waals surface area contributed by atoms with Gasteiger partial charge in [-0.1, -0.05) is 66.7 Å². The summed E-state index contributed by atoms with van der Waals surface area (Å²) in [5.41, 5.74) is 3.28. The molecule has 190 valence electrons. The van der Waals surface area contributed by atoms with E-state index in [1.807, 2.05) is 36.4 Å². The lowest BCUT2D eigenvalue weighted by Crippen LogP contribution is -2.07. The summed E-state index contributed by atoms with van der Waals surface area (Å²) >= 11 is 0. The number of para-hydroxylation sites is 1. The lowest BCUT2D eigenvalue weighted by Gasteiger charge is -2.17. The Morgan fingerprint density at radius 3 is 2.29 bits per heavy atom. The maximum atomic E-state index is 13.8. The summed E-state index contributed by atoms with van der Waals surface area (Å²) in [6, 6.07) is 27.4. The number of halogens is 3. The molecule has 4 nitrogen and oxygen atoms in total. The number of pyridine rings is 1. The second-order valence-corrected chi connectivity index (χ2v) is 8.84. The zero-order valence-electron chi connectivity index (χ0n) is 20.1. The second-order valence-electron chi connectivity index (χ2n) is 8.84. The minimum atomic E-state index is -4.54. The van der Waals surface area contributed by atoms with E-state index in [-0.39, 0.29) is 17.7 Å². The number of aromatic carboxylic acids is 1. The molecule has 1 N–H and O–H groups in total. The first-order valence-electron chi connectivity index (χ1n) is 11.9. The zero-order chi connectivity index (χ0) is 26.7. The number of benzene rings is 4. The molecule has 0 saturated carbocycles. The van der Waals surface area contributed by atoms with Crippen LogP contribution in [0.15, 0.2) is 103 Å². The Bertz CT molecular complexity index is 1600. The molecule has 0 spiro atoms. The average molecular weight is 514 g/mol.